The number of thioether (sulfide) groups is 1. The van der Waals surface area contributed by atoms with Crippen molar-refractivity contribution >= 4 is 23.4 Å². The molecule has 0 saturated carbocycles. The van der Waals surface area contributed by atoms with E-state index in [1.54, 1.807) is 6.92 Å². The second kappa shape index (κ2) is 7.75. The van der Waals surface area contributed by atoms with Gasteiger partial charge in [-0.05, 0) is 26.0 Å². The molecule has 2 aromatic carbocycles. The van der Waals surface area contributed by atoms with Gasteiger partial charge in [-0.1, -0.05) is 47.7 Å². The first-order chi connectivity index (χ1) is 12.9. The van der Waals surface area contributed by atoms with Gasteiger partial charge >= 0.3 is 0 Å². The number of aromatic nitrogens is 3. The number of nitrogens with zero attached hydrogens (tertiary/aromatic N) is 3. The molecule has 0 aliphatic carbocycles. The molecule has 27 heavy (non-hydrogen) atoms. The largest absolute Gasteiger partial charge is 0.335 e. The molecule has 1 amide bonds. The Morgan fingerprint density at radius 2 is 1.78 bits per heavy atom. The number of carbonyl (C=O) groups excluding carboxylic acids is 1. The Balaban J connectivity index is 1.73. The van der Waals surface area contributed by atoms with Gasteiger partial charge < -0.3 is 11.2 Å². The fourth-order valence-electron chi connectivity index (χ4n) is 2.31. The summed E-state index contributed by atoms with van der Waals surface area (Å²) in [5.74, 6) is 4.22. The maximum Gasteiger partial charge on any atom is 0.237 e. The standard InChI is InChI=1S/C18H17F2N5OS/c1-10-6-8-12(9-7-10)16-23-24-18(25(16)21)27-11(2)17(26)22-15-13(19)4-3-5-14(15)20/h3-9,11H,21H2,1-2H3,(H,22,26)/t11-/m0/s1. The third-order valence-corrected chi connectivity index (χ3v) is 4.89. The topological polar surface area (TPSA) is 85.8 Å². The molecule has 0 bridgehead atoms. The van der Waals surface area contributed by atoms with Gasteiger partial charge in [0.15, 0.2) is 5.82 Å². The average molecular weight is 389 g/mol. The van der Waals surface area contributed by atoms with Crippen molar-refractivity contribution in [3.8, 4) is 11.4 Å². The number of carbonyl (C=O) groups is 1. The van der Waals surface area contributed by atoms with Crippen LogP contribution in [0.3, 0.4) is 0 Å². The molecule has 0 radical (unpaired) electrons. The second-order valence-corrected chi connectivity index (χ2v) is 7.20. The van der Waals surface area contributed by atoms with Crippen LogP contribution >= 0.6 is 11.8 Å². The quantitative estimate of drug-likeness (QED) is 0.516. The molecular weight excluding hydrogens is 372 g/mol. The highest BCUT2D eigenvalue weighted by Crippen LogP contribution is 2.26. The molecular formula is C18H17F2N5OS. The summed E-state index contributed by atoms with van der Waals surface area (Å²) in [6.07, 6.45) is 0. The van der Waals surface area contributed by atoms with E-state index in [1.807, 2.05) is 31.2 Å². The molecule has 9 heteroatoms. The lowest BCUT2D eigenvalue weighted by molar-refractivity contribution is -0.115. The lowest BCUT2D eigenvalue weighted by Crippen LogP contribution is -2.24. The molecule has 0 unspecified atom stereocenters. The summed E-state index contributed by atoms with van der Waals surface area (Å²) in [4.78, 5) is 12.3. The zero-order chi connectivity index (χ0) is 19.6. The highest BCUT2D eigenvalue weighted by atomic mass is 32.2. The van der Waals surface area contributed by atoms with Crippen LogP contribution in [-0.4, -0.2) is 26.0 Å². The first-order valence-corrected chi connectivity index (χ1v) is 8.94. The Bertz CT molecular complexity index is 954. The molecule has 0 aliphatic heterocycles. The number of anilines is 1. The van der Waals surface area contributed by atoms with Gasteiger partial charge in [0.25, 0.3) is 0 Å². The number of amides is 1. The number of hydrogen-bond donors (Lipinski definition) is 2. The van der Waals surface area contributed by atoms with Crippen LogP contribution in [0.1, 0.15) is 12.5 Å². The fraction of sp³-hybridized carbons (Fsp3) is 0.167. The molecule has 1 heterocycles. The predicted octanol–water partition coefficient (Wildman–Crippen LogP) is 3.36. The van der Waals surface area contributed by atoms with Crippen LogP contribution in [0.4, 0.5) is 14.5 Å². The van der Waals surface area contributed by atoms with Gasteiger partial charge in [0.1, 0.15) is 17.3 Å². The first kappa shape index (κ1) is 18.8. The number of para-hydroxylation sites is 1. The maximum absolute atomic E-state index is 13.7. The average Bonchev–Trinajstić information content (AvgIpc) is 2.99. The van der Waals surface area contributed by atoms with Crippen LogP contribution in [0.2, 0.25) is 0 Å². The highest BCUT2D eigenvalue weighted by molar-refractivity contribution is 8.00. The van der Waals surface area contributed by atoms with Crippen LogP contribution in [0.5, 0.6) is 0 Å². The van der Waals surface area contributed by atoms with E-state index < -0.39 is 28.5 Å². The number of aryl methyl sites for hydroxylation is 1. The van der Waals surface area contributed by atoms with E-state index in [0.29, 0.717) is 11.0 Å². The summed E-state index contributed by atoms with van der Waals surface area (Å²) in [6.45, 7) is 3.55. The Labute approximate surface area is 158 Å². The third kappa shape index (κ3) is 4.08. The molecule has 0 aliphatic rings. The molecule has 0 fully saturated rings. The van der Waals surface area contributed by atoms with E-state index in [0.717, 1.165) is 35.0 Å². The first-order valence-electron chi connectivity index (χ1n) is 8.06. The lowest BCUT2D eigenvalue weighted by atomic mass is 10.1. The number of benzene rings is 2. The van der Waals surface area contributed by atoms with E-state index >= 15 is 0 Å². The number of nitrogen functional groups attached to an aromatic ring is 1. The van der Waals surface area contributed by atoms with Crippen LogP contribution in [0, 0.1) is 18.6 Å². The molecule has 3 aromatic rings. The third-order valence-electron chi connectivity index (χ3n) is 3.84. The van der Waals surface area contributed by atoms with Crippen molar-refractivity contribution in [3.05, 3.63) is 59.7 Å². The van der Waals surface area contributed by atoms with Crippen molar-refractivity contribution in [2.75, 3.05) is 11.2 Å². The van der Waals surface area contributed by atoms with Crippen molar-refractivity contribution in [1.29, 1.82) is 0 Å². The summed E-state index contributed by atoms with van der Waals surface area (Å²) in [7, 11) is 0. The molecule has 1 aromatic heterocycles. The van der Waals surface area contributed by atoms with Crippen LogP contribution < -0.4 is 11.2 Å². The summed E-state index contributed by atoms with van der Waals surface area (Å²) in [5, 5.41) is 9.91. The lowest BCUT2D eigenvalue weighted by Gasteiger charge is -2.12. The SMILES string of the molecule is Cc1ccc(-c2nnc(S[C@@H](C)C(=O)Nc3c(F)cccc3F)n2N)cc1. The van der Waals surface area contributed by atoms with E-state index in [2.05, 4.69) is 15.5 Å². The minimum atomic E-state index is -0.843. The molecule has 3 N–H and O–H groups in total. The number of halogens is 2. The zero-order valence-electron chi connectivity index (χ0n) is 14.6. The van der Waals surface area contributed by atoms with Crippen molar-refractivity contribution in [2.24, 2.45) is 0 Å². The minimum Gasteiger partial charge on any atom is -0.335 e. The Kier molecular flexibility index (Phi) is 5.41. The molecule has 140 valence electrons. The van der Waals surface area contributed by atoms with Crippen molar-refractivity contribution in [2.45, 2.75) is 24.3 Å². The summed E-state index contributed by atoms with van der Waals surface area (Å²) < 4.78 is 28.6. The van der Waals surface area contributed by atoms with Crippen LogP contribution in [0.15, 0.2) is 47.6 Å². The monoisotopic (exact) mass is 389 g/mol. The molecule has 6 nitrogen and oxygen atoms in total. The number of nitrogens with one attached hydrogen (secondary N) is 1. The van der Waals surface area contributed by atoms with Crippen molar-refractivity contribution < 1.29 is 13.6 Å². The van der Waals surface area contributed by atoms with Crippen LogP contribution in [-0.2, 0) is 4.79 Å². The molecule has 0 spiro atoms. The maximum atomic E-state index is 13.7. The van der Waals surface area contributed by atoms with Gasteiger partial charge in [0, 0.05) is 5.56 Å². The van der Waals surface area contributed by atoms with E-state index in [1.165, 1.54) is 10.7 Å². The smallest absolute Gasteiger partial charge is 0.237 e. The van der Waals surface area contributed by atoms with Crippen molar-refractivity contribution in [3.63, 3.8) is 0 Å². The Morgan fingerprint density at radius 1 is 1.15 bits per heavy atom. The number of rotatable bonds is 5. The van der Waals surface area contributed by atoms with Crippen molar-refractivity contribution in [1.82, 2.24) is 14.9 Å². The molecule has 3 rings (SSSR count). The van der Waals surface area contributed by atoms with Gasteiger partial charge in [0.05, 0.1) is 5.25 Å². The molecule has 0 saturated heterocycles. The van der Waals surface area contributed by atoms with Gasteiger partial charge in [-0.2, -0.15) is 0 Å². The Morgan fingerprint density at radius 3 is 2.41 bits per heavy atom. The minimum absolute atomic E-state index is 0.308. The predicted molar refractivity (Wildman–Crippen MR) is 101 cm³/mol. The van der Waals surface area contributed by atoms with E-state index in [9.17, 15) is 13.6 Å². The van der Waals surface area contributed by atoms with E-state index in [4.69, 9.17) is 5.84 Å². The number of hydrogen-bond acceptors (Lipinski definition) is 5. The summed E-state index contributed by atoms with van der Waals surface area (Å²) in [5.41, 5.74) is 1.40. The van der Waals surface area contributed by atoms with E-state index in [-0.39, 0.29) is 0 Å². The van der Waals surface area contributed by atoms with Gasteiger partial charge in [-0.3, -0.25) is 4.79 Å². The highest BCUT2D eigenvalue weighted by Gasteiger charge is 2.22. The van der Waals surface area contributed by atoms with Crippen LogP contribution in [0.25, 0.3) is 11.4 Å². The second-order valence-electron chi connectivity index (χ2n) is 5.89. The summed E-state index contributed by atoms with van der Waals surface area (Å²) >= 11 is 1.04. The summed E-state index contributed by atoms with van der Waals surface area (Å²) in [6, 6.07) is 11.0. The van der Waals surface area contributed by atoms with Gasteiger partial charge in [-0.15, -0.1) is 10.2 Å². The zero-order valence-corrected chi connectivity index (χ0v) is 15.4. The normalized spacial score (nSPS) is 12.0. The Hall–Kier alpha value is -2.94. The number of nitrogens with two attached hydrogens (primary N) is 1. The molecule has 1 atom stereocenters. The van der Waals surface area contributed by atoms with Gasteiger partial charge in [-0.25, -0.2) is 13.5 Å². The van der Waals surface area contributed by atoms with Gasteiger partial charge in [0.2, 0.25) is 11.1 Å². The fourth-order valence-corrected chi connectivity index (χ4v) is 3.08.